The van der Waals surface area contributed by atoms with Crippen molar-refractivity contribution >= 4 is 17.9 Å². The van der Waals surface area contributed by atoms with E-state index in [-0.39, 0.29) is 18.1 Å². The number of carbonyl (C=O) groups excluding carboxylic acids is 3. The van der Waals surface area contributed by atoms with E-state index in [0.29, 0.717) is 23.9 Å². The minimum Gasteiger partial charge on any atom is -0.310 e. The van der Waals surface area contributed by atoms with Gasteiger partial charge >= 0.3 is 6.15 Å². The van der Waals surface area contributed by atoms with Crippen molar-refractivity contribution in [3.05, 3.63) is 83.7 Å². The molecule has 0 aliphatic carbocycles. The number of fused-ring (bicyclic) bond motifs is 1. The van der Waals surface area contributed by atoms with Crippen molar-refractivity contribution < 1.29 is 14.4 Å². The first-order valence-corrected chi connectivity index (χ1v) is 10.8. The van der Waals surface area contributed by atoms with E-state index in [0.717, 1.165) is 22.3 Å². The van der Waals surface area contributed by atoms with Crippen LogP contribution in [0, 0.1) is 6.92 Å². The molecule has 0 saturated carbocycles. The van der Waals surface area contributed by atoms with E-state index in [1.165, 1.54) is 5.56 Å². The molecule has 34 heavy (non-hydrogen) atoms. The molecule has 8 heteroatoms. The molecule has 1 aliphatic rings. The maximum absolute atomic E-state index is 13.3. The monoisotopic (exact) mass is 453 g/mol. The molecule has 0 radical (unpaired) electrons. The number of aromatic nitrogens is 4. The van der Waals surface area contributed by atoms with Gasteiger partial charge in [-0.05, 0) is 55.7 Å². The van der Waals surface area contributed by atoms with E-state index in [4.69, 9.17) is 14.6 Å². The van der Waals surface area contributed by atoms with Gasteiger partial charge in [0, 0.05) is 11.6 Å². The summed E-state index contributed by atoms with van der Waals surface area (Å²) in [5.74, 6) is 1.29. The fourth-order valence-corrected chi connectivity index (χ4v) is 3.99. The molecule has 3 heterocycles. The highest BCUT2D eigenvalue weighted by atomic mass is 16.2. The van der Waals surface area contributed by atoms with Crippen LogP contribution < -0.4 is 4.90 Å². The van der Waals surface area contributed by atoms with Gasteiger partial charge in [0.1, 0.15) is 17.8 Å². The molecule has 2 aromatic carbocycles. The van der Waals surface area contributed by atoms with Crippen molar-refractivity contribution in [2.24, 2.45) is 0 Å². The van der Waals surface area contributed by atoms with E-state index >= 15 is 0 Å². The lowest BCUT2D eigenvalue weighted by atomic mass is 9.99. The number of pyridine rings is 1. The number of aryl methyl sites for hydroxylation is 1. The van der Waals surface area contributed by atoms with Crippen LogP contribution in [0.3, 0.4) is 0 Å². The SMILES string of the molecule is Cc1cccc(-c2ccc3c(c2)C(=O)N(c2cccc(-c4nncn4C(C)C)n2)C3)c1.O=C=O. The third kappa shape index (κ3) is 4.40. The van der Waals surface area contributed by atoms with Crippen LogP contribution in [0.5, 0.6) is 0 Å². The zero-order chi connectivity index (χ0) is 24.2. The van der Waals surface area contributed by atoms with Crippen LogP contribution in [0.2, 0.25) is 0 Å². The van der Waals surface area contributed by atoms with Crippen molar-refractivity contribution in [2.45, 2.75) is 33.4 Å². The van der Waals surface area contributed by atoms with Gasteiger partial charge in [-0.1, -0.05) is 48.0 Å². The van der Waals surface area contributed by atoms with Crippen molar-refractivity contribution in [1.82, 2.24) is 19.7 Å². The van der Waals surface area contributed by atoms with Crippen LogP contribution >= 0.6 is 0 Å². The summed E-state index contributed by atoms with van der Waals surface area (Å²) in [6.45, 7) is 6.73. The molecule has 0 bridgehead atoms. The summed E-state index contributed by atoms with van der Waals surface area (Å²) in [7, 11) is 0. The largest absolute Gasteiger partial charge is 0.373 e. The molecule has 0 saturated heterocycles. The molecule has 1 amide bonds. The number of amides is 1. The van der Waals surface area contributed by atoms with Crippen LogP contribution in [0.4, 0.5) is 5.82 Å². The molecule has 2 aromatic heterocycles. The molecular formula is C26H23N5O3. The van der Waals surface area contributed by atoms with Crippen LogP contribution in [-0.4, -0.2) is 31.8 Å². The fraction of sp³-hybridized carbons (Fsp3) is 0.192. The van der Waals surface area contributed by atoms with Gasteiger partial charge in [-0.3, -0.25) is 9.69 Å². The number of carbonyl (C=O) groups is 1. The molecule has 0 spiro atoms. The lowest BCUT2D eigenvalue weighted by Crippen LogP contribution is -2.24. The topological polar surface area (TPSA) is 98.1 Å². The first-order valence-electron chi connectivity index (χ1n) is 10.8. The van der Waals surface area contributed by atoms with Crippen molar-refractivity contribution in [3.8, 4) is 22.6 Å². The van der Waals surface area contributed by atoms with Crippen LogP contribution in [-0.2, 0) is 16.1 Å². The lowest BCUT2D eigenvalue weighted by molar-refractivity contribution is -0.191. The number of anilines is 1. The third-order valence-electron chi connectivity index (χ3n) is 5.63. The van der Waals surface area contributed by atoms with Crippen molar-refractivity contribution in [1.29, 1.82) is 0 Å². The summed E-state index contributed by atoms with van der Waals surface area (Å²) in [5.41, 5.74) is 5.80. The average Bonchev–Trinajstić information content (AvgIpc) is 3.45. The number of hydrogen-bond acceptors (Lipinski definition) is 6. The molecule has 0 unspecified atom stereocenters. The van der Waals surface area contributed by atoms with Gasteiger partial charge in [0.2, 0.25) is 0 Å². The molecule has 0 N–H and O–H groups in total. The molecular weight excluding hydrogens is 430 g/mol. The van der Waals surface area contributed by atoms with Crippen LogP contribution in [0.25, 0.3) is 22.6 Å². The summed E-state index contributed by atoms with van der Waals surface area (Å²) in [6, 6.07) is 20.3. The first kappa shape index (κ1) is 22.8. The number of hydrogen-bond donors (Lipinski definition) is 0. The highest BCUT2D eigenvalue weighted by Gasteiger charge is 2.30. The standard InChI is InChI=1S/C25H23N5O.CO2/c1-16(2)30-15-26-28-24(30)22-8-5-9-23(27-22)29-14-20-11-10-19(13-21(20)25(29)31)18-7-4-6-17(3)12-18;2-1-3/h4-13,15-16H,14H2,1-3H3;. The van der Waals surface area contributed by atoms with Gasteiger partial charge in [-0.15, -0.1) is 10.2 Å². The van der Waals surface area contributed by atoms with Gasteiger partial charge in [0.15, 0.2) is 5.82 Å². The average molecular weight is 454 g/mol. The number of rotatable bonds is 4. The smallest absolute Gasteiger partial charge is 0.310 e. The van der Waals surface area contributed by atoms with Crippen LogP contribution in [0.1, 0.15) is 41.4 Å². The predicted molar refractivity (Wildman–Crippen MR) is 126 cm³/mol. The zero-order valence-corrected chi connectivity index (χ0v) is 19.1. The van der Waals surface area contributed by atoms with Crippen molar-refractivity contribution in [3.63, 3.8) is 0 Å². The fourth-order valence-electron chi connectivity index (χ4n) is 3.99. The quantitative estimate of drug-likeness (QED) is 0.452. The van der Waals surface area contributed by atoms with Gasteiger partial charge < -0.3 is 4.57 Å². The first-order chi connectivity index (χ1) is 16.4. The van der Waals surface area contributed by atoms with Gasteiger partial charge in [0.25, 0.3) is 5.91 Å². The Morgan fingerprint density at radius 1 is 0.971 bits per heavy atom. The highest BCUT2D eigenvalue weighted by molar-refractivity contribution is 6.10. The second-order valence-corrected chi connectivity index (χ2v) is 8.25. The summed E-state index contributed by atoms with van der Waals surface area (Å²) in [5, 5.41) is 8.26. The van der Waals surface area contributed by atoms with E-state index in [1.807, 2.05) is 41.0 Å². The van der Waals surface area contributed by atoms with Gasteiger partial charge in [-0.25, -0.2) is 4.98 Å². The zero-order valence-electron chi connectivity index (χ0n) is 19.1. The molecule has 1 aliphatic heterocycles. The normalized spacial score (nSPS) is 12.2. The highest BCUT2D eigenvalue weighted by Crippen LogP contribution is 2.32. The molecule has 170 valence electrons. The second kappa shape index (κ2) is 9.60. The van der Waals surface area contributed by atoms with E-state index in [1.54, 1.807) is 11.2 Å². The maximum Gasteiger partial charge on any atom is 0.373 e. The lowest BCUT2D eigenvalue weighted by Gasteiger charge is -2.16. The Hall–Kier alpha value is -4.42. The van der Waals surface area contributed by atoms with Crippen LogP contribution in [0.15, 0.2) is 67.0 Å². The maximum atomic E-state index is 13.3. The number of benzene rings is 2. The summed E-state index contributed by atoms with van der Waals surface area (Å²) >= 11 is 0. The Labute approximate surface area is 196 Å². The van der Waals surface area contributed by atoms with Gasteiger partial charge in [0.05, 0.1) is 6.54 Å². The Morgan fingerprint density at radius 3 is 2.44 bits per heavy atom. The van der Waals surface area contributed by atoms with E-state index in [2.05, 4.69) is 55.2 Å². The van der Waals surface area contributed by atoms with Crippen molar-refractivity contribution in [2.75, 3.05) is 4.90 Å². The third-order valence-corrected chi connectivity index (χ3v) is 5.63. The minimum absolute atomic E-state index is 0.0283. The molecule has 0 atom stereocenters. The predicted octanol–water partition coefficient (Wildman–Crippen LogP) is 4.47. The Bertz CT molecular complexity index is 1390. The van der Waals surface area contributed by atoms with E-state index < -0.39 is 0 Å². The Kier molecular flexibility index (Phi) is 6.43. The Morgan fingerprint density at radius 2 is 1.71 bits per heavy atom. The van der Waals surface area contributed by atoms with E-state index in [9.17, 15) is 4.79 Å². The summed E-state index contributed by atoms with van der Waals surface area (Å²) in [6.07, 6.45) is 1.96. The number of nitrogens with zero attached hydrogens (tertiary/aromatic N) is 5. The Balaban J connectivity index is 0.000000868. The summed E-state index contributed by atoms with van der Waals surface area (Å²) in [4.78, 5) is 36.0. The van der Waals surface area contributed by atoms with Gasteiger partial charge in [-0.2, -0.15) is 9.59 Å². The minimum atomic E-state index is -0.0283. The molecule has 5 rings (SSSR count). The summed E-state index contributed by atoms with van der Waals surface area (Å²) < 4.78 is 1.97. The molecule has 8 nitrogen and oxygen atoms in total. The second-order valence-electron chi connectivity index (χ2n) is 8.25. The molecule has 0 fully saturated rings. The molecule has 4 aromatic rings.